The van der Waals surface area contributed by atoms with Crippen LogP contribution in [-0.2, 0) is 16.3 Å². The molecule has 1 aliphatic heterocycles. The van der Waals surface area contributed by atoms with E-state index < -0.39 is 17.5 Å². The number of carbonyl (C=O) groups excluding carboxylic acids is 1. The van der Waals surface area contributed by atoms with Crippen LogP contribution >= 0.6 is 0 Å². The number of halogens is 2. The number of carbonyl (C=O) groups is 1. The van der Waals surface area contributed by atoms with Crippen LogP contribution in [0.2, 0.25) is 0 Å². The van der Waals surface area contributed by atoms with E-state index in [-0.39, 0.29) is 11.6 Å². The Bertz CT molecular complexity index is 1410. The molecule has 1 aliphatic carbocycles. The minimum absolute atomic E-state index is 0.0590. The zero-order valence-corrected chi connectivity index (χ0v) is 22.8. The lowest BCUT2D eigenvalue weighted by Crippen LogP contribution is -2.48. The molecule has 5 rings (SSSR count). The van der Waals surface area contributed by atoms with E-state index >= 15 is 8.78 Å². The van der Waals surface area contributed by atoms with Gasteiger partial charge in [0.05, 0.1) is 11.7 Å². The van der Waals surface area contributed by atoms with Gasteiger partial charge in [0.2, 0.25) is 12.4 Å². The normalized spacial score (nSPS) is 23.2. The summed E-state index contributed by atoms with van der Waals surface area (Å²) >= 11 is 0. The average Bonchev–Trinajstić information content (AvgIpc) is 3.41. The third-order valence-electron chi connectivity index (χ3n) is 7.91. The molecule has 10 heteroatoms. The summed E-state index contributed by atoms with van der Waals surface area (Å²) in [5, 5.41) is 6.02. The summed E-state index contributed by atoms with van der Waals surface area (Å²) in [6.45, 7) is 3.27. The highest BCUT2D eigenvalue weighted by atomic mass is 19.3. The van der Waals surface area contributed by atoms with E-state index in [1.807, 2.05) is 32.2 Å². The van der Waals surface area contributed by atoms with Crippen molar-refractivity contribution in [1.82, 2.24) is 30.1 Å². The second kappa shape index (κ2) is 11.2. The second-order valence-corrected chi connectivity index (χ2v) is 10.5. The topological polar surface area (TPSA) is 86.3 Å². The number of aromatic nitrogens is 3. The molecule has 1 aromatic carbocycles. The SMILES string of the molecule is CN1CCC(N(C)C(F)(F)c2ccccc2C2(C)C=CC(NC=O)=CC2Nc2nccc(-c3cccnc3)n2)C1. The van der Waals surface area contributed by atoms with Crippen molar-refractivity contribution in [3.05, 3.63) is 96.1 Å². The molecule has 1 saturated heterocycles. The average molecular weight is 546 g/mol. The standard InChI is InChI=1S/C30H33F2N7O/c1-29(24-8-4-5-9-25(24)30(31,32)39(3)23-12-16-38(2)19-23)13-10-22(35-20-40)17-27(29)37-28-34-15-11-26(36-28)21-7-6-14-33-18-21/h4-11,13-15,17-18,20,23,27H,12,16,19H2,1-3H3,(H,35,40)(H,34,36,37). The van der Waals surface area contributed by atoms with Crippen molar-refractivity contribution in [2.45, 2.75) is 36.9 Å². The van der Waals surface area contributed by atoms with Gasteiger partial charge >= 0.3 is 6.05 Å². The van der Waals surface area contributed by atoms with Crippen molar-refractivity contribution in [3.8, 4) is 11.3 Å². The molecule has 8 nitrogen and oxygen atoms in total. The Balaban J connectivity index is 1.53. The maximum Gasteiger partial charge on any atom is 0.332 e. The van der Waals surface area contributed by atoms with Gasteiger partial charge in [-0.25, -0.2) is 14.9 Å². The zero-order chi connectivity index (χ0) is 28.3. The Morgan fingerprint density at radius 1 is 1.18 bits per heavy atom. The first-order valence-corrected chi connectivity index (χ1v) is 13.2. The molecule has 3 heterocycles. The largest absolute Gasteiger partial charge is 0.347 e. The Hall–Kier alpha value is -4.02. The van der Waals surface area contributed by atoms with Gasteiger partial charge in [-0.15, -0.1) is 0 Å². The number of likely N-dealkylation sites (tertiary alicyclic amines) is 1. The number of alkyl halides is 2. The molecule has 40 heavy (non-hydrogen) atoms. The monoisotopic (exact) mass is 545 g/mol. The van der Waals surface area contributed by atoms with Gasteiger partial charge in [-0.2, -0.15) is 8.78 Å². The Morgan fingerprint density at radius 3 is 2.73 bits per heavy atom. The van der Waals surface area contributed by atoms with E-state index in [0.29, 0.717) is 42.3 Å². The van der Waals surface area contributed by atoms with Crippen LogP contribution in [0.25, 0.3) is 11.3 Å². The molecule has 1 amide bonds. The molecule has 0 bridgehead atoms. The lowest BCUT2D eigenvalue weighted by Gasteiger charge is -2.41. The number of anilines is 1. The van der Waals surface area contributed by atoms with Crippen molar-refractivity contribution in [2.75, 3.05) is 32.5 Å². The quantitative estimate of drug-likeness (QED) is 0.309. The first-order chi connectivity index (χ1) is 19.2. The molecule has 2 aromatic heterocycles. The molecule has 0 radical (unpaired) electrons. The smallest absolute Gasteiger partial charge is 0.332 e. The fourth-order valence-corrected chi connectivity index (χ4v) is 5.49. The first kappa shape index (κ1) is 27.5. The number of nitrogens with one attached hydrogen (secondary N) is 2. The minimum Gasteiger partial charge on any atom is -0.347 e. The maximum atomic E-state index is 16.3. The van der Waals surface area contributed by atoms with Crippen molar-refractivity contribution in [3.63, 3.8) is 0 Å². The van der Waals surface area contributed by atoms with Gasteiger partial charge in [0.15, 0.2) is 0 Å². The summed E-state index contributed by atoms with van der Waals surface area (Å²) < 4.78 is 32.5. The Labute approximate surface area is 232 Å². The molecule has 3 unspecified atom stereocenters. The predicted molar refractivity (Wildman–Crippen MR) is 150 cm³/mol. The van der Waals surface area contributed by atoms with Crippen LogP contribution in [0.5, 0.6) is 0 Å². The number of rotatable bonds is 9. The van der Waals surface area contributed by atoms with E-state index in [0.717, 1.165) is 12.1 Å². The third kappa shape index (κ3) is 5.37. The molecule has 0 saturated carbocycles. The van der Waals surface area contributed by atoms with Gasteiger partial charge in [0, 0.05) is 53.4 Å². The summed E-state index contributed by atoms with van der Waals surface area (Å²) in [6, 6.07) is 8.14. The summed E-state index contributed by atoms with van der Waals surface area (Å²) in [5.74, 6) is 0.324. The fourth-order valence-electron chi connectivity index (χ4n) is 5.49. The number of benzene rings is 1. The first-order valence-electron chi connectivity index (χ1n) is 13.2. The lowest BCUT2D eigenvalue weighted by atomic mass is 9.71. The van der Waals surface area contributed by atoms with Gasteiger partial charge in [0.25, 0.3) is 0 Å². The molecule has 208 valence electrons. The van der Waals surface area contributed by atoms with Crippen LogP contribution in [0.15, 0.2) is 85.0 Å². The van der Waals surface area contributed by atoms with Crippen LogP contribution in [0.4, 0.5) is 14.7 Å². The number of allylic oxidation sites excluding steroid dienone is 1. The number of nitrogens with zero attached hydrogens (tertiary/aromatic N) is 5. The summed E-state index contributed by atoms with van der Waals surface area (Å²) in [4.78, 5) is 27.7. The minimum atomic E-state index is -3.21. The summed E-state index contributed by atoms with van der Waals surface area (Å²) in [5.41, 5.74) is 1.51. The molecule has 3 atom stereocenters. The molecule has 2 N–H and O–H groups in total. The highest BCUT2D eigenvalue weighted by Gasteiger charge is 2.47. The lowest BCUT2D eigenvalue weighted by molar-refractivity contribution is -0.159. The van der Waals surface area contributed by atoms with Crippen molar-refractivity contribution >= 4 is 12.4 Å². The summed E-state index contributed by atoms with van der Waals surface area (Å²) in [6.07, 6.45) is 11.7. The third-order valence-corrected chi connectivity index (χ3v) is 7.91. The van der Waals surface area contributed by atoms with Crippen molar-refractivity contribution in [1.29, 1.82) is 0 Å². The number of hydrogen-bond donors (Lipinski definition) is 2. The molecule has 3 aromatic rings. The van der Waals surface area contributed by atoms with Crippen LogP contribution in [-0.4, -0.2) is 70.4 Å². The molecule has 2 aliphatic rings. The second-order valence-electron chi connectivity index (χ2n) is 10.5. The summed E-state index contributed by atoms with van der Waals surface area (Å²) in [7, 11) is 3.45. The van der Waals surface area contributed by atoms with Gasteiger partial charge in [-0.05, 0) is 69.9 Å². The maximum absolute atomic E-state index is 16.3. The van der Waals surface area contributed by atoms with Crippen LogP contribution in [0, 0.1) is 0 Å². The highest BCUT2D eigenvalue weighted by Crippen LogP contribution is 2.44. The number of pyridine rings is 1. The van der Waals surface area contributed by atoms with Crippen LogP contribution in [0.1, 0.15) is 24.5 Å². The van der Waals surface area contributed by atoms with E-state index in [4.69, 9.17) is 0 Å². The Kier molecular flexibility index (Phi) is 7.73. The van der Waals surface area contributed by atoms with Gasteiger partial charge in [-0.3, -0.25) is 9.78 Å². The van der Waals surface area contributed by atoms with Crippen molar-refractivity contribution in [2.24, 2.45) is 0 Å². The predicted octanol–water partition coefficient (Wildman–Crippen LogP) is 4.16. The van der Waals surface area contributed by atoms with E-state index in [1.165, 1.54) is 18.0 Å². The van der Waals surface area contributed by atoms with Crippen molar-refractivity contribution < 1.29 is 13.6 Å². The molecule has 0 spiro atoms. The van der Waals surface area contributed by atoms with Crippen LogP contribution < -0.4 is 10.6 Å². The number of amides is 1. The highest BCUT2D eigenvalue weighted by molar-refractivity contribution is 5.60. The van der Waals surface area contributed by atoms with Gasteiger partial charge < -0.3 is 15.5 Å². The Morgan fingerprint density at radius 2 is 2.00 bits per heavy atom. The van der Waals surface area contributed by atoms with Crippen LogP contribution in [0.3, 0.4) is 0 Å². The molecule has 1 fully saturated rings. The van der Waals surface area contributed by atoms with Gasteiger partial charge in [0.1, 0.15) is 0 Å². The molecular formula is C30H33F2N7O. The molecular weight excluding hydrogens is 512 g/mol. The van der Waals surface area contributed by atoms with E-state index in [9.17, 15) is 4.79 Å². The fraction of sp³-hybridized carbons (Fsp3) is 0.333. The zero-order valence-electron chi connectivity index (χ0n) is 22.8. The number of likely N-dealkylation sites (N-methyl/N-ethyl adjacent to an activating group) is 2. The van der Waals surface area contributed by atoms with E-state index in [1.54, 1.807) is 55.0 Å². The number of hydrogen-bond acceptors (Lipinski definition) is 7. The van der Waals surface area contributed by atoms with Gasteiger partial charge in [-0.1, -0.05) is 30.3 Å². The van der Waals surface area contributed by atoms with E-state index in [2.05, 4.69) is 30.5 Å².